The topological polar surface area (TPSA) is 54.5 Å². The summed E-state index contributed by atoms with van der Waals surface area (Å²) in [5, 5.41) is 18.2. The van der Waals surface area contributed by atoms with E-state index in [0.717, 1.165) is 28.2 Å². The molecule has 0 bridgehead atoms. The lowest BCUT2D eigenvalue weighted by atomic mass is 10.0. The van der Waals surface area contributed by atoms with E-state index in [2.05, 4.69) is 16.3 Å². The van der Waals surface area contributed by atoms with Crippen LogP contribution in [0.5, 0.6) is 0 Å². The first-order valence-electron chi connectivity index (χ1n) is 6.69. The van der Waals surface area contributed by atoms with Gasteiger partial charge in [0.2, 0.25) is 0 Å². The molecule has 4 heteroatoms. The molecule has 0 unspecified atom stereocenters. The minimum Gasteiger partial charge on any atom is -0.192 e. The molecule has 0 amide bonds. The summed E-state index contributed by atoms with van der Waals surface area (Å²) in [5.41, 5.74) is 5.11. The molecule has 1 heterocycles. The molecule has 3 rings (SSSR count). The van der Waals surface area contributed by atoms with E-state index >= 15 is 0 Å². The van der Waals surface area contributed by atoms with Crippen molar-refractivity contribution in [2.24, 2.45) is 0 Å². The van der Waals surface area contributed by atoms with Crippen molar-refractivity contribution in [3.8, 4) is 23.0 Å². The molecular weight excluding hydrogens is 260 g/mol. The van der Waals surface area contributed by atoms with Gasteiger partial charge in [-0.25, -0.2) is 0 Å². The van der Waals surface area contributed by atoms with Crippen molar-refractivity contribution in [3.05, 3.63) is 65.4 Å². The molecule has 21 heavy (non-hydrogen) atoms. The number of nitriles is 1. The van der Waals surface area contributed by atoms with Crippen LogP contribution in [0.1, 0.15) is 16.8 Å². The summed E-state index contributed by atoms with van der Waals surface area (Å²) in [6.07, 6.45) is 0. The van der Waals surface area contributed by atoms with Crippen molar-refractivity contribution >= 4 is 0 Å². The van der Waals surface area contributed by atoms with Crippen LogP contribution < -0.4 is 0 Å². The number of aryl methyl sites for hydroxylation is 2. The third kappa shape index (κ3) is 2.41. The van der Waals surface area contributed by atoms with E-state index in [0.29, 0.717) is 5.56 Å². The van der Waals surface area contributed by atoms with Crippen molar-refractivity contribution in [3.63, 3.8) is 0 Å². The number of benzene rings is 2. The van der Waals surface area contributed by atoms with Gasteiger partial charge < -0.3 is 0 Å². The number of aromatic nitrogens is 3. The molecule has 0 atom stereocenters. The van der Waals surface area contributed by atoms with Crippen LogP contribution >= 0.6 is 0 Å². The Morgan fingerprint density at radius 2 is 1.76 bits per heavy atom. The van der Waals surface area contributed by atoms with Gasteiger partial charge in [-0.05, 0) is 37.6 Å². The summed E-state index contributed by atoms with van der Waals surface area (Å²) in [4.78, 5) is 1.62. The van der Waals surface area contributed by atoms with Crippen molar-refractivity contribution in [2.45, 2.75) is 13.8 Å². The van der Waals surface area contributed by atoms with Gasteiger partial charge in [0.15, 0.2) is 0 Å². The monoisotopic (exact) mass is 274 g/mol. The van der Waals surface area contributed by atoms with Crippen LogP contribution in [-0.2, 0) is 0 Å². The van der Waals surface area contributed by atoms with Gasteiger partial charge in [-0.15, -0.1) is 5.10 Å². The third-order valence-corrected chi connectivity index (χ3v) is 3.40. The summed E-state index contributed by atoms with van der Waals surface area (Å²) in [5.74, 6) is 0. The van der Waals surface area contributed by atoms with E-state index in [1.807, 2.05) is 62.4 Å². The molecular formula is C17H14N4. The standard InChI is InChI=1S/C17H14N4/c1-12-8-9-14(10-15(12)11-18)17-13(2)19-21(20-17)16-6-4-3-5-7-16/h3-10H,1-2H3. The van der Waals surface area contributed by atoms with E-state index in [-0.39, 0.29) is 0 Å². The van der Waals surface area contributed by atoms with Gasteiger partial charge in [-0.3, -0.25) is 0 Å². The lowest BCUT2D eigenvalue weighted by Gasteiger charge is -2.01. The Kier molecular flexibility index (Phi) is 3.25. The maximum absolute atomic E-state index is 9.15. The molecule has 3 aromatic rings. The number of nitrogens with zero attached hydrogens (tertiary/aromatic N) is 4. The molecule has 4 nitrogen and oxygen atoms in total. The maximum Gasteiger partial charge on any atom is 0.116 e. The van der Waals surface area contributed by atoms with E-state index in [4.69, 9.17) is 5.26 Å². The second-order valence-corrected chi connectivity index (χ2v) is 4.90. The highest BCUT2D eigenvalue weighted by molar-refractivity contribution is 5.64. The van der Waals surface area contributed by atoms with Crippen molar-refractivity contribution in [1.82, 2.24) is 15.0 Å². The van der Waals surface area contributed by atoms with Gasteiger partial charge in [0.05, 0.1) is 23.0 Å². The highest BCUT2D eigenvalue weighted by Gasteiger charge is 2.11. The first kappa shape index (κ1) is 13.1. The molecule has 0 fully saturated rings. The quantitative estimate of drug-likeness (QED) is 0.719. The third-order valence-electron chi connectivity index (χ3n) is 3.40. The fraction of sp³-hybridized carbons (Fsp3) is 0.118. The fourth-order valence-corrected chi connectivity index (χ4v) is 2.21. The van der Waals surface area contributed by atoms with Crippen LogP contribution in [0.15, 0.2) is 48.5 Å². The first-order chi connectivity index (χ1) is 10.2. The Balaban J connectivity index is 2.09. The van der Waals surface area contributed by atoms with E-state index in [1.165, 1.54) is 0 Å². The predicted molar refractivity (Wildman–Crippen MR) is 81.0 cm³/mol. The predicted octanol–water partition coefficient (Wildman–Crippen LogP) is 3.42. The lowest BCUT2D eigenvalue weighted by molar-refractivity contribution is 0.747. The smallest absolute Gasteiger partial charge is 0.116 e. The van der Waals surface area contributed by atoms with Crippen LogP contribution in [0, 0.1) is 25.2 Å². The van der Waals surface area contributed by atoms with Crippen LogP contribution in [0.4, 0.5) is 0 Å². The Morgan fingerprint density at radius 1 is 1.00 bits per heavy atom. The molecule has 0 saturated heterocycles. The number of para-hydroxylation sites is 1. The van der Waals surface area contributed by atoms with Gasteiger partial charge in [0.25, 0.3) is 0 Å². The minimum atomic E-state index is 0.668. The van der Waals surface area contributed by atoms with E-state index in [1.54, 1.807) is 4.80 Å². The fourth-order valence-electron chi connectivity index (χ4n) is 2.21. The molecule has 0 radical (unpaired) electrons. The van der Waals surface area contributed by atoms with Crippen molar-refractivity contribution in [2.75, 3.05) is 0 Å². The average Bonchev–Trinajstić information content (AvgIpc) is 2.91. The van der Waals surface area contributed by atoms with Crippen molar-refractivity contribution in [1.29, 1.82) is 5.26 Å². The molecule has 0 aliphatic heterocycles. The van der Waals surface area contributed by atoms with Crippen LogP contribution in [0.2, 0.25) is 0 Å². The summed E-state index contributed by atoms with van der Waals surface area (Å²) in [6, 6.07) is 17.8. The Hall–Kier alpha value is -2.93. The summed E-state index contributed by atoms with van der Waals surface area (Å²) >= 11 is 0. The molecule has 0 aliphatic rings. The summed E-state index contributed by atoms with van der Waals surface area (Å²) in [7, 11) is 0. The normalized spacial score (nSPS) is 10.3. The number of hydrogen-bond acceptors (Lipinski definition) is 3. The molecule has 2 aromatic carbocycles. The van der Waals surface area contributed by atoms with E-state index < -0.39 is 0 Å². The number of hydrogen-bond donors (Lipinski definition) is 0. The van der Waals surface area contributed by atoms with Gasteiger partial charge in [0, 0.05) is 5.56 Å². The summed E-state index contributed by atoms with van der Waals surface area (Å²) < 4.78 is 0. The highest BCUT2D eigenvalue weighted by Crippen LogP contribution is 2.23. The van der Waals surface area contributed by atoms with Crippen molar-refractivity contribution < 1.29 is 0 Å². The van der Waals surface area contributed by atoms with Gasteiger partial charge in [0.1, 0.15) is 5.69 Å². The molecule has 0 saturated carbocycles. The largest absolute Gasteiger partial charge is 0.192 e. The van der Waals surface area contributed by atoms with E-state index in [9.17, 15) is 0 Å². The highest BCUT2D eigenvalue weighted by atomic mass is 15.5. The molecule has 102 valence electrons. The second kappa shape index (κ2) is 5.22. The zero-order chi connectivity index (χ0) is 14.8. The Labute approximate surface area is 123 Å². The molecule has 1 aromatic heterocycles. The average molecular weight is 274 g/mol. The maximum atomic E-state index is 9.15. The first-order valence-corrected chi connectivity index (χ1v) is 6.69. The molecule has 0 N–H and O–H groups in total. The second-order valence-electron chi connectivity index (χ2n) is 4.90. The van der Waals surface area contributed by atoms with Crippen LogP contribution in [0.25, 0.3) is 16.9 Å². The Bertz CT molecular complexity index is 826. The zero-order valence-electron chi connectivity index (χ0n) is 11.9. The SMILES string of the molecule is Cc1ccc(-c2nn(-c3ccccc3)nc2C)cc1C#N. The zero-order valence-corrected chi connectivity index (χ0v) is 11.9. The van der Waals surface area contributed by atoms with Gasteiger partial charge in [-0.1, -0.05) is 30.3 Å². The molecule has 0 spiro atoms. The Morgan fingerprint density at radius 3 is 2.48 bits per heavy atom. The minimum absolute atomic E-state index is 0.668. The van der Waals surface area contributed by atoms with Gasteiger partial charge in [-0.2, -0.15) is 15.2 Å². The number of rotatable bonds is 2. The summed E-state index contributed by atoms with van der Waals surface area (Å²) in [6.45, 7) is 3.85. The lowest BCUT2D eigenvalue weighted by Crippen LogP contribution is -1.98. The molecule has 0 aliphatic carbocycles. The van der Waals surface area contributed by atoms with Crippen LogP contribution in [-0.4, -0.2) is 15.0 Å². The van der Waals surface area contributed by atoms with Gasteiger partial charge >= 0.3 is 0 Å². The van der Waals surface area contributed by atoms with Crippen LogP contribution in [0.3, 0.4) is 0 Å².